The monoisotopic (exact) mass is 428 g/mol. The van der Waals surface area contributed by atoms with Gasteiger partial charge in [-0.25, -0.2) is 4.79 Å². The molecule has 0 unspecified atom stereocenters. The highest BCUT2D eigenvalue weighted by Crippen LogP contribution is 2.31. The van der Waals surface area contributed by atoms with Crippen LogP contribution < -0.4 is 19.6 Å². The third-order valence-corrected chi connectivity index (χ3v) is 4.51. The van der Waals surface area contributed by atoms with Crippen molar-refractivity contribution in [3.63, 3.8) is 0 Å². The zero-order valence-corrected chi connectivity index (χ0v) is 17.3. The first kappa shape index (κ1) is 20.9. The Labute approximate surface area is 184 Å². The summed E-state index contributed by atoms with van der Waals surface area (Å²) >= 11 is 0. The molecular weight excluding hydrogens is 408 g/mol. The van der Waals surface area contributed by atoms with E-state index in [4.69, 9.17) is 18.6 Å². The zero-order valence-electron chi connectivity index (χ0n) is 17.3. The first-order valence-electron chi connectivity index (χ1n) is 10.0. The Hall–Kier alpha value is -4.32. The predicted octanol–water partition coefficient (Wildman–Crippen LogP) is 5.60. The van der Waals surface area contributed by atoms with Crippen molar-refractivity contribution >= 4 is 23.0 Å². The number of rotatable bonds is 7. The maximum absolute atomic E-state index is 12.9. The van der Waals surface area contributed by atoms with E-state index in [9.17, 15) is 9.59 Å². The van der Waals surface area contributed by atoms with E-state index >= 15 is 0 Å². The van der Waals surface area contributed by atoms with Gasteiger partial charge in [0, 0.05) is 12.1 Å². The number of para-hydroxylation sites is 2. The fourth-order valence-electron chi connectivity index (χ4n) is 3.03. The molecular formula is C26H20O6. The summed E-state index contributed by atoms with van der Waals surface area (Å²) in [6, 6.07) is 21.0. The first-order valence-corrected chi connectivity index (χ1v) is 10.0. The molecule has 0 aliphatic carbocycles. The molecule has 4 rings (SSSR count). The zero-order chi connectivity index (χ0) is 22.3. The van der Waals surface area contributed by atoms with Gasteiger partial charge in [0.05, 0.1) is 12.0 Å². The van der Waals surface area contributed by atoms with Crippen LogP contribution in [0.3, 0.4) is 0 Å². The third-order valence-electron chi connectivity index (χ3n) is 4.51. The second-order valence-corrected chi connectivity index (χ2v) is 6.73. The highest BCUT2D eigenvalue weighted by Gasteiger charge is 2.13. The van der Waals surface area contributed by atoms with Gasteiger partial charge in [-0.15, -0.1) is 0 Å². The summed E-state index contributed by atoms with van der Waals surface area (Å²) in [6.45, 7) is 2.33. The van der Waals surface area contributed by atoms with Gasteiger partial charge in [-0.3, -0.25) is 4.79 Å². The normalized spacial score (nSPS) is 10.9. The van der Waals surface area contributed by atoms with Crippen molar-refractivity contribution in [2.24, 2.45) is 0 Å². The van der Waals surface area contributed by atoms with Crippen LogP contribution in [0.1, 0.15) is 12.5 Å². The molecule has 1 aromatic heterocycles. The van der Waals surface area contributed by atoms with Crippen molar-refractivity contribution < 1.29 is 23.4 Å². The molecule has 0 saturated heterocycles. The summed E-state index contributed by atoms with van der Waals surface area (Å²) in [4.78, 5) is 24.9. The van der Waals surface area contributed by atoms with E-state index in [-0.39, 0.29) is 22.5 Å². The van der Waals surface area contributed by atoms with Crippen LogP contribution in [-0.2, 0) is 4.79 Å². The Morgan fingerprint density at radius 3 is 2.47 bits per heavy atom. The summed E-state index contributed by atoms with van der Waals surface area (Å²) < 4.78 is 22.2. The van der Waals surface area contributed by atoms with Gasteiger partial charge >= 0.3 is 5.97 Å². The lowest BCUT2D eigenvalue weighted by Crippen LogP contribution is -2.07. The van der Waals surface area contributed by atoms with Crippen LogP contribution in [0.25, 0.3) is 17.0 Å². The molecule has 0 saturated carbocycles. The Morgan fingerprint density at radius 1 is 0.938 bits per heavy atom. The Bertz CT molecular complexity index is 1320. The quantitative estimate of drug-likeness (QED) is 0.217. The van der Waals surface area contributed by atoms with Gasteiger partial charge < -0.3 is 18.6 Å². The lowest BCUT2D eigenvalue weighted by Gasteiger charge is -2.11. The van der Waals surface area contributed by atoms with Gasteiger partial charge in [0.2, 0.25) is 11.2 Å². The lowest BCUT2D eigenvalue weighted by molar-refractivity contribution is -0.128. The van der Waals surface area contributed by atoms with Gasteiger partial charge in [-0.2, -0.15) is 0 Å². The smallest absolute Gasteiger partial charge is 0.336 e. The lowest BCUT2D eigenvalue weighted by atomic mass is 10.2. The van der Waals surface area contributed by atoms with Crippen LogP contribution in [0.15, 0.2) is 94.3 Å². The number of carbonyl (C=O) groups excluding carboxylic acids is 1. The summed E-state index contributed by atoms with van der Waals surface area (Å²) in [5, 5.41) is 0.302. The number of esters is 1. The number of hydrogen-bond acceptors (Lipinski definition) is 6. The van der Waals surface area contributed by atoms with E-state index in [0.717, 1.165) is 5.56 Å². The van der Waals surface area contributed by atoms with E-state index in [1.165, 1.54) is 30.5 Å². The Kier molecular flexibility index (Phi) is 6.32. The van der Waals surface area contributed by atoms with Crippen molar-refractivity contribution in [2.75, 3.05) is 6.61 Å². The molecule has 3 aromatic carbocycles. The molecule has 0 aliphatic rings. The van der Waals surface area contributed by atoms with Crippen LogP contribution >= 0.6 is 0 Å². The fraction of sp³-hybridized carbons (Fsp3) is 0.0769. The number of ether oxygens (including phenoxy) is 3. The van der Waals surface area contributed by atoms with E-state index in [1.54, 1.807) is 24.3 Å². The Morgan fingerprint density at radius 2 is 1.69 bits per heavy atom. The molecule has 0 radical (unpaired) electrons. The van der Waals surface area contributed by atoms with Gasteiger partial charge in [0.25, 0.3) is 0 Å². The van der Waals surface area contributed by atoms with E-state index in [0.29, 0.717) is 23.5 Å². The molecule has 0 spiro atoms. The van der Waals surface area contributed by atoms with Crippen molar-refractivity contribution in [3.05, 3.63) is 101 Å². The fourth-order valence-corrected chi connectivity index (χ4v) is 3.03. The topological polar surface area (TPSA) is 75.0 Å². The van der Waals surface area contributed by atoms with Crippen molar-refractivity contribution in [2.45, 2.75) is 6.92 Å². The van der Waals surface area contributed by atoms with Gasteiger partial charge in [0.1, 0.15) is 17.6 Å². The summed E-state index contributed by atoms with van der Waals surface area (Å²) in [7, 11) is 0. The van der Waals surface area contributed by atoms with E-state index in [1.807, 2.05) is 43.3 Å². The van der Waals surface area contributed by atoms with E-state index < -0.39 is 5.97 Å². The summed E-state index contributed by atoms with van der Waals surface area (Å²) in [5.74, 6) is 0.694. The minimum Gasteiger partial charge on any atom is -0.490 e. The average Bonchev–Trinajstić information content (AvgIpc) is 2.81. The first-order chi connectivity index (χ1) is 15.6. The molecule has 0 aliphatic heterocycles. The van der Waals surface area contributed by atoms with Crippen LogP contribution in [0.4, 0.5) is 0 Å². The van der Waals surface area contributed by atoms with Gasteiger partial charge in [-0.1, -0.05) is 42.5 Å². The molecule has 0 N–H and O–H groups in total. The van der Waals surface area contributed by atoms with E-state index in [2.05, 4.69) is 0 Å². The highest BCUT2D eigenvalue weighted by atomic mass is 16.5. The number of benzene rings is 3. The number of hydrogen-bond donors (Lipinski definition) is 0. The highest BCUT2D eigenvalue weighted by molar-refractivity contribution is 5.89. The second kappa shape index (κ2) is 9.66. The maximum atomic E-state index is 12.9. The number of fused-ring (bicyclic) bond motifs is 1. The van der Waals surface area contributed by atoms with Crippen molar-refractivity contribution in [1.29, 1.82) is 0 Å². The molecule has 0 bridgehead atoms. The van der Waals surface area contributed by atoms with Crippen molar-refractivity contribution in [3.8, 4) is 23.0 Å². The second-order valence-electron chi connectivity index (χ2n) is 6.73. The average molecular weight is 428 g/mol. The molecule has 0 atom stereocenters. The summed E-state index contributed by atoms with van der Waals surface area (Å²) in [6.07, 6.45) is 4.23. The maximum Gasteiger partial charge on any atom is 0.336 e. The standard InChI is InChI=1S/C26H20O6/c1-2-29-21-10-6-7-11-22(21)32-24-17-30-23-16-19(13-14-20(23)26(24)28)31-25(27)15-12-18-8-4-3-5-9-18/h3-17H,2H2,1H3/b15-12+. The minimum atomic E-state index is -0.539. The van der Waals surface area contributed by atoms with Crippen LogP contribution in [0, 0.1) is 0 Å². The van der Waals surface area contributed by atoms with Gasteiger partial charge in [-0.05, 0) is 42.8 Å². The number of carbonyl (C=O) groups is 1. The van der Waals surface area contributed by atoms with Crippen LogP contribution in [0.5, 0.6) is 23.0 Å². The summed E-state index contributed by atoms with van der Waals surface area (Å²) in [5.41, 5.74) is 0.810. The molecule has 0 amide bonds. The molecule has 6 heteroatoms. The Balaban J connectivity index is 1.53. The van der Waals surface area contributed by atoms with Crippen LogP contribution in [0.2, 0.25) is 0 Å². The molecule has 0 fully saturated rings. The molecule has 1 heterocycles. The molecule has 4 aromatic rings. The third kappa shape index (κ3) is 4.87. The predicted molar refractivity (Wildman–Crippen MR) is 121 cm³/mol. The minimum absolute atomic E-state index is 0.0280. The molecule has 160 valence electrons. The van der Waals surface area contributed by atoms with Crippen LogP contribution in [-0.4, -0.2) is 12.6 Å². The SMILES string of the molecule is CCOc1ccccc1Oc1coc2cc(OC(=O)/C=C/c3ccccc3)ccc2c1=O. The molecule has 6 nitrogen and oxygen atoms in total. The van der Waals surface area contributed by atoms with Gasteiger partial charge in [0.15, 0.2) is 11.5 Å². The molecule has 32 heavy (non-hydrogen) atoms. The van der Waals surface area contributed by atoms with Crippen molar-refractivity contribution in [1.82, 2.24) is 0 Å². The largest absolute Gasteiger partial charge is 0.490 e.